The predicted octanol–water partition coefficient (Wildman–Crippen LogP) is 2.60. The zero-order chi connectivity index (χ0) is 13.3. The number of piperidine rings is 1. The zero-order valence-corrected chi connectivity index (χ0v) is 12.1. The number of nitrogens with zero attached hydrogens (tertiary/aromatic N) is 1. The standard InChI is InChI=1S/C14H21NO2S/c1-9-7-13(18-11(9)3)14(17)15-6-4-5-12(8-15)10(2)16/h7,10,12,16H,4-6,8H2,1-3H3. The molecule has 1 N–H and O–H groups in total. The Bertz CT molecular complexity index is 420. The first-order valence-corrected chi connectivity index (χ1v) is 7.35. The number of amides is 1. The highest BCUT2D eigenvalue weighted by atomic mass is 32.1. The van der Waals surface area contributed by atoms with Crippen LogP contribution in [0, 0.1) is 19.8 Å². The van der Waals surface area contributed by atoms with Gasteiger partial charge in [-0.15, -0.1) is 11.3 Å². The number of likely N-dealkylation sites (tertiary alicyclic amines) is 1. The molecule has 1 fully saturated rings. The Balaban J connectivity index is 2.09. The lowest BCUT2D eigenvalue weighted by atomic mass is 9.93. The summed E-state index contributed by atoms with van der Waals surface area (Å²) in [7, 11) is 0. The van der Waals surface area contributed by atoms with E-state index < -0.39 is 0 Å². The van der Waals surface area contributed by atoms with Gasteiger partial charge in [-0.1, -0.05) is 0 Å². The number of aryl methyl sites for hydroxylation is 2. The molecule has 1 amide bonds. The number of thiophene rings is 1. The van der Waals surface area contributed by atoms with Crippen LogP contribution >= 0.6 is 11.3 Å². The molecule has 1 aromatic rings. The molecule has 2 heterocycles. The van der Waals surface area contributed by atoms with E-state index in [0.717, 1.165) is 24.3 Å². The third-order valence-electron chi connectivity index (χ3n) is 3.80. The number of carbonyl (C=O) groups is 1. The van der Waals surface area contributed by atoms with E-state index in [4.69, 9.17) is 0 Å². The van der Waals surface area contributed by atoms with Crippen molar-refractivity contribution < 1.29 is 9.90 Å². The van der Waals surface area contributed by atoms with Gasteiger partial charge in [-0.25, -0.2) is 0 Å². The van der Waals surface area contributed by atoms with Crippen LogP contribution in [0.4, 0.5) is 0 Å². The fraction of sp³-hybridized carbons (Fsp3) is 0.643. The van der Waals surface area contributed by atoms with Crippen LogP contribution in [0.25, 0.3) is 0 Å². The number of aliphatic hydroxyl groups is 1. The van der Waals surface area contributed by atoms with Gasteiger partial charge in [0.2, 0.25) is 0 Å². The largest absolute Gasteiger partial charge is 0.393 e. The van der Waals surface area contributed by atoms with Gasteiger partial charge in [0.25, 0.3) is 5.91 Å². The van der Waals surface area contributed by atoms with Crippen LogP contribution in [0.15, 0.2) is 6.07 Å². The van der Waals surface area contributed by atoms with E-state index >= 15 is 0 Å². The quantitative estimate of drug-likeness (QED) is 0.894. The molecule has 0 aromatic carbocycles. The van der Waals surface area contributed by atoms with Crippen LogP contribution < -0.4 is 0 Å². The Morgan fingerprint density at radius 1 is 1.56 bits per heavy atom. The van der Waals surface area contributed by atoms with Crippen molar-refractivity contribution in [2.24, 2.45) is 5.92 Å². The fourth-order valence-electron chi connectivity index (χ4n) is 2.42. The molecule has 1 aromatic heterocycles. The number of carbonyl (C=O) groups excluding carboxylic acids is 1. The molecule has 4 heteroatoms. The SMILES string of the molecule is Cc1cc(C(=O)N2CCCC(C(C)O)C2)sc1C. The van der Waals surface area contributed by atoms with Crippen molar-refractivity contribution in [3.05, 3.63) is 21.4 Å². The summed E-state index contributed by atoms with van der Waals surface area (Å²) in [4.78, 5) is 16.3. The topological polar surface area (TPSA) is 40.5 Å². The summed E-state index contributed by atoms with van der Waals surface area (Å²) in [6.07, 6.45) is 1.68. The second kappa shape index (κ2) is 5.41. The lowest BCUT2D eigenvalue weighted by Gasteiger charge is -2.33. The molecular formula is C14H21NO2S. The second-order valence-corrected chi connectivity index (χ2v) is 6.50. The summed E-state index contributed by atoms with van der Waals surface area (Å²) in [6.45, 7) is 7.41. The monoisotopic (exact) mass is 267 g/mol. The Morgan fingerprint density at radius 2 is 2.28 bits per heavy atom. The van der Waals surface area contributed by atoms with E-state index in [2.05, 4.69) is 0 Å². The van der Waals surface area contributed by atoms with E-state index in [-0.39, 0.29) is 17.9 Å². The third-order valence-corrected chi connectivity index (χ3v) is 4.94. The molecule has 18 heavy (non-hydrogen) atoms. The van der Waals surface area contributed by atoms with Crippen LogP contribution in [0.5, 0.6) is 0 Å². The summed E-state index contributed by atoms with van der Waals surface area (Å²) in [5, 5.41) is 9.66. The van der Waals surface area contributed by atoms with Crippen LogP contribution in [-0.2, 0) is 0 Å². The van der Waals surface area contributed by atoms with E-state index in [1.807, 2.05) is 31.7 Å². The van der Waals surface area contributed by atoms with Crippen molar-refractivity contribution in [1.82, 2.24) is 4.90 Å². The minimum Gasteiger partial charge on any atom is -0.393 e. The molecule has 3 nitrogen and oxygen atoms in total. The van der Waals surface area contributed by atoms with Gasteiger partial charge in [0.05, 0.1) is 11.0 Å². The summed E-state index contributed by atoms with van der Waals surface area (Å²) in [5.41, 5.74) is 1.19. The number of hydrogen-bond donors (Lipinski definition) is 1. The van der Waals surface area contributed by atoms with Gasteiger partial charge in [-0.2, -0.15) is 0 Å². The first-order chi connectivity index (χ1) is 8.49. The van der Waals surface area contributed by atoms with Gasteiger partial charge in [0.1, 0.15) is 0 Å². The minimum absolute atomic E-state index is 0.126. The Kier molecular flexibility index (Phi) is 4.07. The number of hydrogen-bond acceptors (Lipinski definition) is 3. The van der Waals surface area contributed by atoms with Crippen molar-refractivity contribution >= 4 is 17.2 Å². The molecule has 1 aliphatic heterocycles. The van der Waals surface area contributed by atoms with E-state index in [1.165, 1.54) is 10.4 Å². The average Bonchev–Trinajstić information content (AvgIpc) is 2.69. The Labute approximate surface area is 112 Å². The van der Waals surface area contributed by atoms with Crippen molar-refractivity contribution in [2.75, 3.05) is 13.1 Å². The third kappa shape index (κ3) is 2.75. The maximum atomic E-state index is 12.4. The maximum Gasteiger partial charge on any atom is 0.263 e. The highest BCUT2D eigenvalue weighted by Gasteiger charge is 2.27. The summed E-state index contributed by atoms with van der Waals surface area (Å²) in [6, 6.07) is 1.98. The zero-order valence-electron chi connectivity index (χ0n) is 11.3. The molecule has 0 radical (unpaired) electrons. The van der Waals surface area contributed by atoms with Crippen molar-refractivity contribution in [3.8, 4) is 0 Å². The van der Waals surface area contributed by atoms with Crippen LogP contribution in [0.2, 0.25) is 0 Å². The van der Waals surface area contributed by atoms with Crippen molar-refractivity contribution in [2.45, 2.75) is 39.7 Å². The molecule has 2 atom stereocenters. The molecule has 2 unspecified atom stereocenters. The average molecular weight is 267 g/mol. The number of rotatable bonds is 2. The minimum atomic E-state index is -0.326. The van der Waals surface area contributed by atoms with Gasteiger partial charge in [-0.05, 0) is 45.2 Å². The summed E-state index contributed by atoms with van der Waals surface area (Å²) < 4.78 is 0. The predicted molar refractivity (Wildman–Crippen MR) is 74.1 cm³/mol. The highest BCUT2D eigenvalue weighted by molar-refractivity contribution is 7.14. The van der Waals surface area contributed by atoms with Crippen molar-refractivity contribution in [3.63, 3.8) is 0 Å². The van der Waals surface area contributed by atoms with Crippen LogP contribution in [0.3, 0.4) is 0 Å². The van der Waals surface area contributed by atoms with E-state index in [0.29, 0.717) is 6.54 Å². The van der Waals surface area contributed by atoms with Gasteiger partial charge >= 0.3 is 0 Å². The highest BCUT2D eigenvalue weighted by Crippen LogP contribution is 2.25. The lowest BCUT2D eigenvalue weighted by Crippen LogP contribution is -2.42. The summed E-state index contributed by atoms with van der Waals surface area (Å²) >= 11 is 1.57. The first-order valence-electron chi connectivity index (χ1n) is 6.53. The van der Waals surface area contributed by atoms with Gasteiger partial charge in [-0.3, -0.25) is 4.79 Å². The molecule has 1 aliphatic rings. The Hall–Kier alpha value is -0.870. The van der Waals surface area contributed by atoms with Gasteiger partial charge in [0.15, 0.2) is 0 Å². The molecular weight excluding hydrogens is 246 g/mol. The van der Waals surface area contributed by atoms with Crippen molar-refractivity contribution in [1.29, 1.82) is 0 Å². The molecule has 0 spiro atoms. The van der Waals surface area contributed by atoms with E-state index in [1.54, 1.807) is 11.3 Å². The first kappa shape index (κ1) is 13.6. The summed E-state index contributed by atoms with van der Waals surface area (Å²) in [5.74, 6) is 0.353. The second-order valence-electron chi connectivity index (χ2n) is 5.24. The normalized spacial score (nSPS) is 22.0. The Morgan fingerprint density at radius 3 is 2.83 bits per heavy atom. The molecule has 0 aliphatic carbocycles. The van der Waals surface area contributed by atoms with Crippen LogP contribution in [0.1, 0.15) is 39.9 Å². The molecule has 1 saturated heterocycles. The molecule has 2 rings (SSSR count). The van der Waals surface area contributed by atoms with E-state index in [9.17, 15) is 9.90 Å². The molecule has 100 valence electrons. The lowest BCUT2D eigenvalue weighted by molar-refractivity contribution is 0.0469. The van der Waals surface area contributed by atoms with Gasteiger partial charge in [0, 0.05) is 23.9 Å². The van der Waals surface area contributed by atoms with Crippen LogP contribution in [-0.4, -0.2) is 35.1 Å². The molecule has 0 saturated carbocycles. The maximum absolute atomic E-state index is 12.4. The fourth-order valence-corrected chi connectivity index (χ4v) is 3.42. The molecule has 0 bridgehead atoms. The smallest absolute Gasteiger partial charge is 0.263 e. The number of aliphatic hydroxyl groups excluding tert-OH is 1. The van der Waals surface area contributed by atoms with Gasteiger partial charge < -0.3 is 10.0 Å².